The normalized spacial score (nSPS) is 15.6. The molecule has 1 aliphatic rings. The number of rotatable bonds is 5. The molecule has 2 aromatic heterocycles. The van der Waals surface area contributed by atoms with Crippen LogP contribution in [-0.4, -0.2) is 56.6 Å². The van der Waals surface area contributed by atoms with Crippen LogP contribution in [0.4, 0.5) is 29.3 Å². The average Bonchev–Trinajstić information content (AvgIpc) is 3.15. The molecule has 0 bridgehead atoms. The highest BCUT2D eigenvalue weighted by atomic mass is 19.4. The van der Waals surface area contributed by atoms with Crippen molar-refractivity contribution in [1.29, 1.82) is 0 Å². The second kappa shape index (κ2) is 9.47. The summed E-state index contributed by atoms with van der Waals surface area (Å²) in [7, 11) is 0. The Hall–Kier alpha value is -3.57. The number of carbonyl (C=O) groups excluding carboxylic acids is 1. The fourth-order valence-corrected chi connectivity index (χ4v) is 4.33. The van der Waals surface area contributed by atoms with E-state index in [1.54, 1.807) is 15.7 Å². The second-order valence-electron chi connectivity index (χ2n) is 9.15. The lowest BCUT2D eigenvalue weighted by Gasteiger charge is -2.34. The molecule has 36 heavy (non-hydrogen) atoms. The van der Waals surface area contributed by atoms with Crippen LogP contribution in [0.25, 0.3) is 10.9 Å². The first-order chi connectivity index (χ1) is 16.9. The van der Waals surface area contributed by atoms with Crippen molar-refractivity contribution in [2.45, 2.75) is 46.0 Å². The largest absolute Gasteiger partial charge is 0.493 e. The molecule has 1 saturated heterocycles. The molecule has 1 amide bonds. The van der Waals surface area contributed by atoms with E-state index in [-0.39, 0.29) is 34.7 Å². The Morgan fingerprint density at radius 3 is 2.36 bits per heavy atom. The topological polar surface area (TPSA) is 86.5 Å². The maximum atomic E-state index is 14.8. The molecule has 0 spiro atoms. The number of piperazine rings is 1. The molecule has 194 valence electrons. The number of halogens is 4. The van der Waals surface area contributed by atoms with Gasteiger partial charge in [-0.25, -0.2) is 9.37 Å². The third-order valence-corrected chi connectivity index (χ3v) is 6.38. The van der Waals surface area contributed by atoms with Crippen molar-refractivity contribution < 1.29 is 27.5 Å². The van der Waals surface area contributed by atoms with Gasteiger partial charge in [0.15, 0.2) is 0 Å². The molecule has 0 unspecified atom stereocenters. The zero-order valence-corrected chi connectivity index (χ0v) is 20.4. The molecule has 3 aromatic rings. The summed E-state index contributed by atoms with van der Waals surface area (Å²) in [5, 5.41) is 14.3. The quantitative estimate of drug-likeness (QED) is 0.486. The number of nitrogens with zero attached hydrogens (tertiary/aromatic N) is 5. The van der Waals surface area contributed by atoms with Crippen LogP contribution in [0.15, 0.2) is 24.4 Å². The van der Waals surface area contributed by atoms with E-state index in [2.05, 4.69) is 15.3 Å². The van der Waals surface area contributed by atoms with Gasteiger partial charge in [0.25, 0.3) is 0 Å². The number of hydrogen-bond donors (Lipinski definition) is 2. The van der Waals surface area contributed by atoms with Crippen LogP contribution in [0, 0.1) is 5.82 Å². The Kier molecular flexibility index (Phi) is 6.72. The first kappa shape index (κ1) is 25.5. The highest BCUT2D eigenvalue weighted by Gasteiger charge is 2.35. The summed E-state index contributed by atoms with van der Waals surface area (Å²) in [6.07, 6.45) is -3.16. The van der Waals surface area contributed by atoms with Crippen molar-refractivity contribution in [3.8, 4) is 5.88 Å². The Balaban J connectivity index is 1.75. The summed E-state index contributed by atoms with van der Waals surface area (Å²) in [5.74, 6) is -0.910. The standard InChI is InChI=1S/C24H28F4N6O2/c1-13(2)34-12-17-20(22(34)36)30-23(33-10-8-32(9-11-33)15(4)35)31-21(17)29-14(3)16-6-5-7-18(19(16)25)24(26,27)28/h5-7,12-14,36H,8-11H2,1-4H3,(H,29,30,31)/t14-/m1/s1. The van der Waals surface area contributed by atoms with Gasteiger partial charge in [0.05, 0.1) is 17.0 Å². The van der Waals surface area contributed by atoms with Crippen LogP contribution in [0.3, 0.4) is 0 Å². The van der Waals surface area contributed by atoms with Gasteiger partial charge in [0.2, 0.25) is 17.7 Å². The minimum atomic E-state index is -4.82. The summed E-state index contributed by atoms with van der Waals surface area (Å²) >= 11 is 0. The zero-order valence-electron chi connectivity index (χ0n) is 20.4. The molecule has 1 aromatic carbocycles. The van der Waals surface area contributed by atoms with Gasteiger partial charge in [-0.2, -0.15) is 18.2 Å². The van der Waals surface area contributed by atoms with E-state index in [1.165, 1.54) is 19.9 Å². The molecule has 4 rings (SSSR count). The summed E-state index contributed by atoms with van der Waals surface area (Å²) in [6, 6.07) is 2.17. The first-order valence-corrected chi connectivity index (χ1v) is 11.6. The Bertz CT molecular complexity index is 1280. The van der Waals surface area contributed by atoms with E-state index in [1.807, 2.05) is 18.7 Å². The van der Waals surface area contributed by atoms with Crippen molar-refractivity contribution >= 4 is 28.6 Å². The van der Waals surface area contributed by atoms with Gasteiger partial charge in [-0.05, 0) is 26.8 Å². The fraction of sp³-hybridized carbons (Fsp3) is 0.458. The first-order valence-electron chi connectivity index (χ1n) is 11.6. The Morgan fingerprint density at radius 2 is 1.78 bits per heavy atom. The molecular weight excluding hydrogens is 480 g/mol. The number of amides is 1. The van der Waals surface area contributed by atoms with Gasteiger partial charge in [-0.15, -0.1) is 0 Å². The summed E-state index contributed by atoms with van der Waals surface area (Å²) in [5.41, 5.74) is -1.24. The van der Waals surface area contributed by atoms with Crippen molar-refractivity contribution in [3.05, 3.63) is 41.3 Å². The van der Waals surface area contributed by atoms with Gasteiger partial charge in [-0.3, -0.25) is 4.79 Å². The van der Waals surface area contributed by atoms with Gasteiger partial charge in [-0.1, -0.05) is 12.1 Å². The lowest BCUT2D eigenvalue weighted by atomic mass is 10.0. The number of alkyl halides is 3. The summed E-state index contributed by atoms with van der Waals surface area (Å²) in [6.45, 7) is 8.68. The number of nitrogens with one attached hydrogen (secondary N) is 1. The number of benzene rings is 1. The molecule has 0 aliphatic carbocycles. The molecule has 0 saturated carbocycles. The number of fused-ring (bicyclic) bond motifs is 1. The number of carbonyl (C=O) groups is 1. The highest BCUT2D eigenvalue weighted by Crippen LogP contribution is 2.37. The summed E-state index contributed by atoms with van der Waals surface area (Å²) in [4.78, 5) is 24.4. The molecule has 12 heteroatoms. The molecule has 2 N–H and O–H groups in total. The predicted octanol–water partition coefficient (Wildman–Crippen LogP) is 4.72. The van der Waals surface area contributed by atoms with Gasteiger partial charge >= 0.3 is 6.18 Å². The van der Waals surface area contributed by atoms with Crippen molar-refractivity contribution in [2.75, 3.05) is 36.4 Å². The second-order valence-corrected chi connectivity index (χ2v) is 9.15. The molecule has 1 atom stereocenters. The molecule has 8 nitrogen and oxygen atoms in total. The van der Waals surface area contributed by atoms with E-state index in [4.69, 9.17) is 0 Å². The smallest absolute Gasteiger partial charge is 0.419 e. The minimum absolute atomic E-state index is 0.0306. The number of hydrogen-bond acceptors (Lipinski definition) is 6. The van der Waals surface area contributed by atoms with Crippen molar-refractivity contribution in [2.24, 2.45) is 0 Å². The fourth-order valence-electron chi connectivity index (χ4n) is 4.33. The monoisotopic (exact) mass is 508 g/mol. The highest BCUT2D eigenvalue weighted by molar-refractivity contribution is 5.94. The molecular formula is C24H28F4N6O2. The van der Waals surface area contributed by atoms with E-state index in [9.17, 15) is 27.5 Å². The van der Waals surface area contributed by atoms with Crippen molar-refractivity contribution in [1.82, 2.24) is 19.4 Å². The third kappa shape index (κ3) is 4.76. The van der Waals surface area contributed by atoms with Crippen LogP contribution in [-0.2, 0) is 11.0 Å². The summed E-state index contributed by atoms with van der Waals surface area (Å²) < 4.78 is 56.1. The maximum absolute atomic E-state index is 14.8. The van der Waals surface area contributed by atoms with Crippen LogP contribution < -0.4 is 10.2 Å². The lowest BCUT2D eigenvalue weighted by Crippen LogP contribution is -2.48. The molecule has 1 aliphatic heterocycles. The number of aromatic hydroxyl groups is 1. The van der Waals surface area contributed by atoms with E-state index >= 15 is 0 Å². The number of aromatic nitrogens is 3. The van der Waals surface area contributed by atoms with Crippen LogP contribution >= 0.6 is 0 Å². The lowest BCUT2D eigenvalue weighted by molar-refractivity contribution is -0.140. The van der Waals surface area contributed by atoms with Crippen LogP contribution in [0.2, 0.25) is 0 Å². The molecule has 1 fully saturated rings. The Labute approximate surface area is 205 Å². The molecule has 0 radical (unpaired) electrons. The maximum Gasteiger partial charge on any atom is 0.419 e. The van der Waals surface area contributed by atoms with Gasteiger partial charge in [0.1, 0.15) is 17.2 Å². The Morgan fingerprint density at radius 1 is 1.11 bits per heavy atom. The predicted molar refractivity (Wildman–Crippen MR) is 127 cm³/mol. The zero-order chi connectivity index (χ0) is 26.4. The van der Waals surface area contributed by atoms with Gasteiger partial charge in [0, 0.05) is 50.9 Å². The minimum Gasteiger partial charge on any atom is -0.493 e. The van der Waals surface area contributed by atoms with E-state index in [0.717, 1.165) is 6.07 Å². The van der Waals surface area contributed by atoms with E-state index < -0.39 is 23.6 Å². The van der Waals surface area contributed by atoms with Crippen LogP contribution in [0.5, 0.6) is 5.88 Å². The number of anilines is 2. The van der Waals surface area contributed by atoms with Crippen LogP contribution in [0.1, 0.15) is 50.9 Å². The van der Waals surface area contributed by atoms with E-state index in [0.29, 0.717) is 43.6 Å². The molecule has 3 heterocycles. The third-order valence-electron chi connectivity index (χ3n) is 6.38. The van der Waals surface area contributed by atoms with Crippen molar-refractivity contribution in [3.63, 3.8) is 0 Å². The average molecular weight is 509 g/mol. The SMILES string of the molecule is CC(=O)N1CCN(c2nc(N[C@H](C)c3cccc(C(F)(F)F)c3F)c3cn(C(C)C)c(O)c3n2)CC1. The van der Waals surface area contributed by atoms with Gasteiger partial charge < -0.3 is 24.8 Å².